The van der Waals surface area contributed by atoms with Crippen LogP contribution in [0.4, 0.5) is 5.95 Å². The molecular formula is C13H22N4O2S. The van der Waals surface area contributed by atoms with Gasteiger partial charge in [-0.15, -0.1) is 0 Å². The van der Waals surface area contributed by atoms with Crippen molar-refractivity contribution in [1.29, 1.82) is 0 Å². The van der Waals surface area contributed by atoms with Gasteiger partial charge in [0.1, 0.15) is 4.90 Å². The van der Waals surface area contributed by atoms with E-state index in [1.54, 1.807) is 7.05 Å². The first-order valence-electron chi connectivity index (χ1n) is 6.97. The van der Waals surface area contributed by atoms with E-state index in [1.165, 1.54) is 16.7 Å². The molecule has 0 radical (unpaired) electrons. The van der Waals surface area contributed by atoms with Crippen LogP contribution >= 0.6 is 0 Å². The van der Waals surface area contributed by atoms with Gasteiger partial charge in [-0.05, 0) is 24.7 Å². The highest BCUT2D eigenvalue weighted by Crippen LogP contribution is 2.38. The maximum atomic E-state index is 12.4. The summed E-state index contributed by atoms with van der Waals surface area (Å²) in [4.78, 5) is 8.24. The second-order valence-corrected chi connectivity index (χ2v) is 7.47. The summed E-state index contributed by atoms with van der Waals surface area (Å²) in [7, 11) is -1.86. The highest BCUT2D eigenvalue weighted by atomic mass is 32.2. The molecule has 2 unspecified atom stereocenters. The number of anilines is 1. The molecule has 7 heteroatoms. The maximum Gasteiger partial charge on any atom is 0.245 e. The van der Waals surface area contributed by atoms with Crippen LogP contribution in [0.25, 0.3) is 0 Å². The Balaban J connectivity index is 2.04. The molecule has 1 aliphatic rings. The Labute approximate surface area is 120 Å². The predicted molar refractivity (Wildman–Crippen MR) is 77.9 cm³/mol. The van der Waals surface area contributed by atoms with Gasteiger partial charge < -0.3 is 5.32 Å². The fourth-order valence-electron chi connectivity index (χ4n) is 2.04. The summed E-state index contributed by atoms with van der Waals surface area (Å²) < 4.78 is 26.1. The summed E-state index contributed by atoms with van der Waals surface area (Å²) in [5, 5.41) is 3.02. The Kier molecular flexibility index (Phi) is 4.59. The zero-order valence-electron chi connectivity index (χ0n) is 12.2. The van der Waals surface area contributed by atoms with E-state index < -0.39 is 10.0 Å². The van der Waals surface area contributed by atoms with Crippen LogP contribution in [0.2, 0.25) is 0 Å². The monoisotopic (exact) mass is 298 g/mol. The molecule has 1 heterocycles. The molecule has 1 aromatic rings. The van der Waals surface area contributed by atoms with Gasteiger partial charge in [0, 0.05) is 20.1 Å². The molecule has 1 fully saturated rings. The molecular weight excluding hydrogens is 276 g/mol. The van der Waals surface area contributed by atoms with Crippen molar-refractivity contribution in [2.24, 2.45) is 11.8 Å². The molecule has 0 aromatic carbocycles. The van der Waals surface area contributed by atoms with E-state index in [2.05, 4.69) is 22.2 Å². The fraction of sp³-hybridized carbons (Fsp3) is 0.692. The van der Waals surface area contributed by atoms with Gasteiger partial charge in [-0.25, -0.2) is 22.7 Å². The van der Waals surface area contributed by atoms with Crippen LogP contribution in [0.15, 0.2) is 17.3 Å². The Bertz CT molecular complexity index is 544. The van der Waals surface area contributed by atoms with E-state index in [4.69, 9.17) is 0 Å². The standard InChI is InChI=1S/C13H22N4O2S/c1-4-5-14-13-15-7-12(8-16-13)20(18,19)17(3)9-11-6-10(11)2/h7-8,10-11H,4-6,9H2,1-3H3,(H,14,15,16). The molecule has 1 aliphatic carbocycles. The van der Waals surface area contributed by atoms with Crippen molar-refractivity contribution in [2.75, 3.05) is 25.5 Å². The number of sulfonamides is 1. The molecule has 2 rings (SSSR count). The Morgan fingerprint density at radius 3 is 2.50 bits per heavy atom. The fourth-order valence-corrected chi connectivity index (χ4v) is 3.16. The summed E-state index contributed by atoms with van der Waals surface area (Å²) in [6.07, 6.45) is 4.81. The number of nitrogens with one attached hydrogen (secondary N) is 1. The van der Waals surface area contributed by atoms with Gasteiger partial charge in [0.15, 0.2) is 0 Å². The van der Waals surface area contributed by atoms with Gasteiger partial charge in [0.2, 0.25) is 16.0 Å². The first kappa shape index (κ1) is 15.2. The minimum Gasteiger partial charge on any atom is -0.354 e. The third kappa shape index (κ3) is 3.46. The van der Waals surface area contributed by atoms with E-state index in [1.807, 2.05) is 6.92 Å². The van der Waals surface area contributed by atoms with Crippen molar-refractivity contribution in [3.63, 3.8) is 0 Å². The topological polar surface area (TPSA) is 75.2 Å². The van der Waals surface area contributed by atoms with Crippen LogP contribution in [0, 0.1) is 11.8 Å². The SMILES string of the molecule is CCCNc1ncc(S(=O)(=O)N(C)CC2CC2C)cn1. The largest absolute Gasteiger partial charge is 0.354 e. The minimum atomic E-state index is -3.47. The first-order valence-corrected chi connectivity index (χ1v) is 8.41. The van der Waals surface area contributed by atoms with Crippen molar-refractivity contribution in [3.05, 3.63) is 12.4 Å². The van der Waals surface area contributed by atoms with Gasteiger partial charge in [0.05, 0.1) is 12.4 Å². The van der Waals surface area contributed by atoms with Crippen LogP contribution in [0.5, 0.6) is 0 Å². The quantitative estimate of drug-likeness (QED) is 0.827. The molecule has 1 saturated carbocycles. The maximum absolute atomic E-state index is 12.4. The molecule has 0 bridgehead atoms. The average molecular weight is 298 g/mol. The zero-order valence-corrected chi connectivity index (χ0v) is 13.0. The summed E-state index contributed by atoms with van der Waals surface area (Å²) in [6, 6.07) is 0. The number of nitrogens with zero attached hydrogens (tertiary/aromatic N) is 3. The van der Waals surface area contributed by atoms with Gasteiger partial charge in [-0.1, -0.05) is 13.8 Å². The third-order valence-corrected chi connectivity index (χ3v) is 5.41. The van der Waals surface area contributed by atoms with Crippen LogP contribution in [0.1, 0.15) is 26.7 Å². The second-order valence-electron chi connectivity index (χ2n) is 5.43. The number of rotatable bonds is 7. The van der Waals surface area contributed by atoms with Crippen LogP contribution < -0.4 is 5.32 Å². The molecule has 6 nitrogen and oxygen atoms in total. The van der Waals surface area contributed by atoms with Gasteiger partial charge in [0.25, 0.3) is 0 Å². The van der Waals surface area contributed by atoms with Crippen LogP contribution in [-0.2, 0) is 10.0 Å². The molecule has 1 aromatic heterocycles. The van der Waals surface area contributed by atoms with E-state index in [-0.39, 0.29) is 4.90 Å². The van der Waals surface area contributed by atoms with Gasteiger partial charge in [-0.2, -0.15) is 0 Å². The summed E-state index contributed by atoms with van der Waals surface area (Å²) in [6.45, 7) is 5.52. The van der Waals surface area contributed by atoms with Gasteiger partial charge in [-0.3, -0.25) is 0 Å². The number of aromatic nitrogens is 2. The molecule has 0 aliphatic heterocycles. The highest BCUT2D eigenvalue weighted by Gasteiger charge is 2.36. The molecule has 0 saturated heterocycles. The molecule has 0 spiro atoms. The summed E-state index contributed by atoms with van der Waals surface area (Å²) in [5.74, 6) is 1.58. The lowest BCUT2D eigenvalue weighted by Gasteiger charge is -2.16. The lowest BCUT2D eigenvalue weighted by Crippen LogP contribution is -2.29. The Morgan fingerprint density at radius 1 is 1.40 bits per heavy atom. The molecule has 20 heavy (non-hydrogen) atoms. The van der Waals surface area contributed by atoms with Crippen molar-refractivity contribution in [1.82, 2.24) is 14.3 Å². The van der Waals surface area contributed by atoms with Crippen molar-refractivity contribution in [2.45, 2.75) is 31.6 Å². The van der Waals surface area contributed by atoms with Crippen molar-refractivity contribution >= 4 is 16.0 Å². The lowest BCUT2D eigenvalue weighted by atomic mass is 10.3. The zero-order chi connectivity index (χ0) is 14.8. The van der Waals surface area contributed by atoms with E-state index in [9.17, 15) is 8.42 Å². The van der Waals surface area contributed by atoms with E-state index in [0.717, 1.165) is 19.4 Å². The molecule has 2 atom stereocenters. The normalized spacial score (nSPS) is 22.0. The highest BCUT2D eigenvalue weighted by molar-refractivity contribution is 7.89. The minimum absolute atomic E-state index is 0.148. The van der Waals surface area contributed by atoms with E-state index in [0.29, 0.717) is 24.3 Å². The van der Waals surface area contributed by atoms with E-state index >= 15 is 0 Å². The number of hydrogen-bond acceptors (Lipinski definition) is 5. The average Bonchev–Trinajstić information content (AvgIpc) is 3.12. The second kappa shape index (κ2) is 6.05. The first-order chi connectivity index (χ1) is 9.45. The smallest absolute Gasteiger partial charge is 0.245 e. The Hall–Kier alpha value is -1.21. The summed E-state index contributed by atoms with van der Waals surface area (Å²) >= 11 is 0. The summed E-state index contributed by atoms with van der Waals surface area (Å²) in [5.41, 5.74) is 0. The lowest BCUT2D eigenvalue weighted by molar-refractivity contribution is 0.444. The number of hydrogen-bond donors (Lipinski definition) is 1. The van der Waals surface area contributed by atoms with Crippen molar-refractivity contribution in [3.8, 4) is 0 Å². The molecule has 1 N–H and O–H groups in total. The van der Waals surface area contributed by atoms with Crippen LogP contribution in [-0.4, -0.2) is 42.8 Å². The van der Waals surface area contributed by atoms with Crippen LogP contribution in [0.3, 0.4) is 0 Å². The van der Waals surface area contributed by atoms with Gasteiger partial charge >= 0.3 is 0 Å². The predicted octanol–water partition coefficient (Wildman–Crippen LogP) is 1.57. The molecule has 0 amide bonds. The molecule has 112 valence electrons. The Morgan fingerprint density at radius 2 is 2.00 bits per heavy atom. The van der Waals surface area contributed by atoms with Crippen molar-refractivity contribution < 1.29 is 8.42 Å². The third-order valence-electron chi connectivity index (χ3n) is 3.64.